The molecule has 178 valence electrons. The fraction of sp³-hybridized carbons (Fsp3) is 0.294. The van der Waals surface area contributed by atoms with Gasteiger partial charge >= 0.3 is 0 Å². The van der Waals surface area contributed by atoms with E-state index < -0.39 is 0 Å². The highest BCUT2D eigenvalue weighted by atomic mass is 32.1. The zero-order valence-corrected chi connectivity index (χ0v) is 22.0. The summed E-state index contributed by atoms with van der Waals surface area (Å²) in [7, 11) is 0. The van der Waals surface area contributed by atoms with Gasteiger partial charge in [0, 0.05) is 10.8 Å². The topological polar surface area (TPSA) is 0 Å². The molecule has 0 spiro atoms. The molecule has 1 heteroatoms. The summed E-state index contributed by atoms with van der Waals surface area (Å²) in [5.41, 5.74) is 10.1. The first-order valence-corrected chi connectivity index (χ1v) is 13.8. The van der Waals surface area contributed by atoms with Crippen LogP contribution in [0.15, 0.2) is 88.9 Å². The number of benzene rings is 2. The highest BCUT2D eigenvalue weighted by Crippen LogP contribution is 2.37. The van der Waals surface area contributed by atoms with E-state index in [1.54, 1.807) is 16.7 Å². The van der Waals surface area contributed by atoms with Gasteiger partial charge in [-0.15, -0.1) is 12.6 Å². The molecule has 0 radical (unpaired) electrons. The van der Waals surface area contributed by atoms with Crippen LogP contribution in [0.4, 0.5) is 0 Å². The van der Waals surface area contributed by atoms with Gasteiger partial charge in [0.05, 0.1) is 0 Å². The summed E-state index contributed by atoms with van der Waals surface area (Å²) in [4.78, 5) is 1.02. The summed E-state index contributed by atoms with van der Waals surface area (Å²) in [6, 6.07) is 7.07. The maximum atomic E-state index is 4.82. The Labute approximate surface area is 216 Å². The zero-order valence-electron chi connectivity index (χ0n) is 21.1. The molecule has 1 unspecified atom stereocenters. The van der Waals surface area contributed by atoms with Crippen LogP contribution in [0, 0.1) is 5.92 Å². The van der Waals surface area contributed by atoms with E-state index in [-0.39, 0.29) is 0 Å². The lowest BCUT2D eigenvalue weighted by Crippen LogP contribution is -2.06. The van der Waals surface area contributed by atoms with Gasteiger partial charge < -0.3 is 0 Å². The van der Waals surface area contributed by atoms with Gasteiger partial charge in [-0.25, -0.2) is 0 Å². The van der Waals surface area contributed by atoms with Gasteiger partial charge in [0.15, 0.2) is 0 Å². The zero-order chi connectivity index (χ0) is 24.2. The van der Waals surface area contributed by atoms with Gasteiger partial charge in [0.25, 0.3) is 0 Å². The Balaban J connectivity index is 1.47. The summed E-state index contributed by atoms with van der Waals surface area (Å²) >= 11 is 4.82. The van der Waals surface area contributed by atoms with E-state index in [1.165, 1.54) is 52.3 Å². The second-order valence-corrected chi connectivity index (χ2v) is 10.4. The second kappa shape index (κ2) is 10.9. The summed E-state index contributed by atoms with van der Waals surface area (Å²) in [6.07, 6.45) is 32.7. The highest BCUT2D eigenvalue weighted by Gasteiger charge is 2.19. The van der Waals surface area contributed by atoms with Crippen LogP contribution in [0.25, 0.3) is 22.9 Å². The third kappa shape index (κ3) is 4.98. The van der Waals surface area contributed by atoms with E-state index in [9.17, 15) is 0 Å². The summed E-state index contributed by atoms with van der Waals surface area (Å²) in [5, 5.41) is 2.91. The monoisotopic (exact) mass is 476 g/mol. The largest absolute Gasteiger partial charge is 0.143 e. The predicted octanol–water partition coefficient (Wildman–Crippen LogP) is 9.53. The van der Waals surface area contributed by atoms with E-state index in [1.807, 2.05) is 0 Å². The first kappa shape index (κ1) is 23.9. The standard InChI is InChI=1S/C34H36S/c1-3-10-28-30-15-7-8-16-31(30)29(11-4-2)33-22-24(18-21-32(28)33)12-9-17-34(35)27-20-19-25-13-5-6-14-26(25)23-27/h5-7,9,12-13,15,17-23,26,35H,3-4,8,10-11,14,16H2,1-2H3/b12-9+,34-17-. The Morgan fingerprint density at radius 1 is 1.00 bits per heavy atom. The van der Waals surface area contributed by atoms with Crippen molar-refractivity contribution < 1.29 is 0 Å². The second-order valence-electron chi connectivity index (χ2n) is 9.90. The lowest BCUT2D eigenvalue weighted by Gasteiger charge is -2.23. The normalized spacial score (nSPS) is 19.2. The van der Waals surface area contributed by atoms with Gasteiger partial charge in [-0.2, -0.15) is 0 Å². The SMILES string of the molecule is CCCc1c2c(c(CCC)c3cc(/C=C/C=C(\S)C4=CC5CC=CC=C5C=C4)ccc13)CCC=C2. The van der Waals surface area contributed by atoms with E-state index in [0.29, 0.717) is 5.92 Å². The van der Waals surface area contributed by atoms with Gasteiger partial charge in [-0.05, 0) is 94.0 Å². The van der Waals surface area contributed by atoms with Crippen LogP contribution >= 0.6 is 12.6 Å². The predicted molar refractivity (Wildman–Crippen MR) is 158 cm³/mol. The molecule has 0 aliphatic heterocycles. The summed E-state index contributed by atoms with van der Waals surface area (Å²) in [6.45, 7) is 4.60. The quantitative estimate of drug-likeness (QED) is 0.298. The average molecular weight is 477 g/mol. The van der Waals surface area contributed by atoms with Crippen molar-refractivity contribution in [1.29, 1.82) is 0 Å². The lowest BCUT2D eigenvalue weighted by molar-refractivity contribution is 0.775. The van der Waals surface area contributed by atoms with Crippen molar-refractivity contribution >= 4 is 35.6 Å². The molecule has 1 atom stereocenters. The van der Waals surface area contributed by atoms with Crippen molar-refractivity contribution in [1.82, 2.24) is 0 Å². The Morgan fingerprint density at radius 2 is 1.86 bits per heavy atom. The Hall–Kier alpha value is -2.77. The highest BCUT2D eigenvalue weighted by molar-refractivity contribution is 7.84. The van der Waals surface area contributed by atoms with E-state index in [0.717, 1.165) is 30.6 Å². The molecule has 0 bridgehead atoms. The number of fused-ring (bicyclic) bond motifs is 3. The number of hydrogen-bond donors (Lipinski definition) is 1. The van der Waals surface area contributed by atoms with E-state index in [4.69, 9.17) is 12.6 Å². The van der Waals surface area contributed by atoms with E-state index in [2.05, 4.69) is 98.9 Å². The maximum absolute atomic E-state index is 4.82. The van der Waals surface area contributed by atoms with Crippen LogP contribution < -0.4 is 0 Å². The molecule has 5 rings (SSSR count). The van der Waals surface area contributed by atoms with Gasteiger partial charge in [-0.3, -0.25) is 0 Å². The molecule has 0 saturated heterocycles. The van der Waals surface area contributed by atoms with Crippen molar-refractivity contribution in [2.45, 2.75) is 58.8 Å². The molecule has 3 aliphatic carbocycles. The van der Waals surface area contributed by atoms with Crippen molar-refractivity contribution in [3.63, 3.8) is 0 Å². The van der Waals surface area contributed by atoms with Crippen LogP contribution in [-0.2, 0) is 19.3 Å². The lowest BCUT2D eigenvalue weighted by atomic mass is 9.81. The van der Waals surface area contributed by atoms with Crippen molar-refractivity contribution in [3.8, 4) is 0 Å². The third-order valence-corrected chi connectivity index (χ3v) is 7.88. The molecule has 0 saturated carbocycles. The summed E-state index contributed by atoms with van der Waals surface area (Å²) in [5.74, 6) is 0.482. The van der Waals surface area contributed by atoms with Crippen molar-refractivity contribution in [2.75, 3.05) is 0 Å². The Morgan fingerprint density at radius 3 is 2.71 bits per heavy atom. The van der Waals surface area contributed by atoms with Crippen molar-refractivity contribution in [2.24, 2.45) is 5.92 Å². The average Bonchev–Trinajstić information content (AvgIpc) is 2.90. The minimum atomic E-state index is 0.482. The van der Waals surface area contributed by atoms with Crippen LogP contribution in [-0.4, -0.2) is 0 Å². The molecular formula is C34H36S. The minimum Gasteiger partial charge on any atom is -0.143 e. The molecule has 0 aromatic heterocycles. The molecular weight excluding hydrogens is 440 g/mol. The first-order chi connectivity index (χ1) is 17.2. The first-order valence-electron chi connectivity index (χ1n) is 13.3. The molecule has 0 nitrogen and oxygen atoms in total. The molecule has 0 heterocycles. The van der Waals surface area contributed by atoms with Crippen LogP contribution in [0.5, 0.6) is 0 Å². The Bertz CT molecular complexity index is 1340. The van der Waals surface area contributed by atoms with Crippen LogP contribution in [0.2, 0.25) is 0 Å². The molecule has 2 aromatic rings. The molecule has 35 heavy (non-hydrogen) atoms. The van der Waals surface area contributed by atoms with Gasteiger partial charge in [-0.1, -0.05) is 99.6 Å². The fourth-order valence-electron chi connectivity index (χ4n) is 5.78. The van der Waals surface area contributed by atoms with E-state index >= 15 is 0 Å². The number of allylic oxidation sites excluding steroid dienone is 11. The molecule has 3 aliphatic rings. The molecule has 0 amide bonds. The van der Waals surface area contributed by atoms with Gasteiger partial charge in [0.1, 0.15) is 0 Å². The van der Waals surface area contributed by atoms with Gasteiger partial charge in [0.2, 0.25) is 0 Å². The molecule has 0 fully saturated rings. The number of rotatable bonds is 7. The van der Waals surface area contributed by atoms with Crippen LogP contribution in [0.3, 0.4) is 0 Å². The summed E-state index contributed by atoms with van der Waals surface area (Å²) < 4.78 is 0. The number of aryl methyl sites for hydroxylation is 2. The number of hydrogen-bond acceptors (Lipinski definition) is 1. The van der Waals surface area contributed by atoms with Crippen molar-refractivity contribution in [3.05, 3.63) is 117 Å². The third-order valence-electron chi connectivity index (χ3n) is 7.47. The molecule has 2 aromatic carbocycles. The number of thiol groups is 1. The fourth-order valence-corrected chi connectivity index (χ4v) is 6.02. The maximum Gasteiger partial charge on any atom is 0.0110 e. The molecule has 0 N–H and O–H groups in total. The smallest absolute Gasteiger partial charge is 0.0110 e. The van der Waals surface area contributed by atoms with Crippen LogP contribution in [0.1, 0.15) is 67.3 Å². The Kier molecular flexibility index (Phi) is 7.44. The minimum absolute atomic E-state index is 0.482.